The molecule has 1 N–H and O–H groups in total. The summed E-state index contributed by atoms with van der Waals surface area (Å²) in [6, 6.07) is 9.30. The van der Waals surface area contributed by atoms with E-state index in [-0.39, 0.29) is 24.6 Å². The Morgan fingerprint density at radius 1 is 1.11 bits per heavy atom. The lowest BCUT2D eigenvalue weighted by molar-refractivity contribution is -0.122. The number of carbonyl (C=O) groups is 3. The van der Waals surface area contributed by atoms with Crippen molar-refractivity contribution in [2.24, 2.45) is 5.92 Å². The lowest BCUT2D eigenvalue weighted by Gasteiger charge is -2.17. The van der Waals surface area contributed by atoms with Crippen molar-refractivity contribution in [3.63, 3.8) is 0 Å². The van der Waals surface area contributed by atoms with Crippen LogP contribution in [-0.4, -0.2) is 31.4 Å². The quantitative estimate of drug-likeness (QED) is 0.835. The van der Waals surface area contributed by atoms with Crippen molar-refractivity contribution < 1.29 is 27.9 Å². The third-order valence-electron chi connectivity index (χ3n) is 4.28. The van der Waals surface area contributed by atoms with Crippen LogP contribution in [0.3, 0.4) is 0 Å². The first-order valence-corrected chi connectivity index (χ1v) is 8.13. The number of benzene rings is 2. The highest BCUT2D eigenvalue weighted by Crippen LogP contribution is 2.26. The van der Waals surface area contributed by atoms with Crippen LogP contribution < -0.4 is 10.2 Å². The average molecular weight is 374 g/mol. The number of nitrogens with zero attached hydrogens (tertiary/aromatic N) is 1. The fraction of sp³-hybridized carbons (Fsp3) is 0.211. The molecule has 1 atom stereocenters. The minimum Gasteiger partial charge on any atom is -0.465 e. The highest BCUT2D eigenvalue weighted by molar-refractivity contribution is 6.03. The second-order valence-electron chi connectivity index (χ2n) is 6.06. The summed E-state index contributed by atoms with van der Waals surface area (Å²) < 4.78 is 30.8. The molecule has 0 aromatic heterocycles. The van der Waals surface area contributed by atoms with Crippen molar-refractivity contribution in [3.05, 3.63) is 59.7 Å². The van der Waals surface area contributed by atoms with Gasteiger partial charge in [0, 0.05) is 30.4 Å². The maximum absolute atomic E-state index is 13.2. The van der Waals surface area contributed by atoms with Gasteiger partial charge < -0.3 is 15.0 Å². The number of hydrogen-bond donors (Lipinski definition) is 1. The van der Waals surface area contributed by atoms with Crippen LogP contribution in [-0.2, 0) is 14.3 Å². The Labute approximate surface area is 153 Å². The zero-order valence-electron chi connectivity index (χ0n) is 14.4. The molecule has 6 nitrogen and oxygen atoms in total. The summed E-state index contributed by atoms with van der Waals surface area (Å²) in [5.41, 5.74) is 1.02. The third-order valence-corrected chi connectivity index (χ3v) is 4.28. The number of ether oxygens (including phenoxy) is 1. The van der Waals surface area contributed by atoms with E-state index >= 15 is 0 Å². The second kappa shape index (κ2) is 7.53. The normalized spacial score (nSPS) is 16.3. The number of hydrogen-bond acceptors (Lipinski definition) is 4. The van der Waals surface area contributed by atoms with Gasteiger partial charge in [-0.15, -0.1) is 0 Å². The zero-order valence-corrected chi connectivity index (χ0v) is 14.4. The lowest BCUT2D eigenvalue weighted by Crippen LogP contribution is -2.28. The Balaban J connectivity index is 1.68. The number of anilines is 2. The van der Waals surface area contributed by atoms with E-state index in [1.807, 2.05) is 0 Å². The Morgan fingerprint density at radius 2 is 1.81 bits per heavy atom. The van der Waals surface area contributed by atoms with E-state index in [0.717, 1.165) is 12.1 Å². The highest BCUT2D eigenvalue weighted by Gasteiger charge is 2.35. The van der Waals surface area contributed by atoms with Crippen LogP contribution >= 0.6 is 0 Å². The summed E-state index contributed by atoms with van der Waals surface area (Å²) in [6.07, 6.45) is -0.00569. The Hall–Kier alpha value is -3.29. The summed E-state index contributed by atoms with van der Waals surface area (Å²) in [5.74, 6) is -3.90. The minimum atomic E-state index is -1.07. The van der Waals surface area contributed by atoms with Crippen molar-refractivity contribution in [3.8, 4) is 0 Å². The average Bonchev–Trinajstić information content (AvgIpc) is 3.06. The van der Waals surface area contributed by atoms with E-state index in [4.69, 9.17) is 0 Å². The maximum Gasteiger partial charge on any atom is 0.337 e. The van der Waals surface area contributed by atoms with Crippen LogP contribution in [0.4, 0.5) is 20.2 Å². The van der Waals surface area contributed by atoms with Gasteiger partial charge in [-0.05, 0) is 36.4 Å². The topological polar surface area (TPSA) is 75.7 Å². The van der Waals surface area contributed by atoms with Gasteiger partial charge in [0.15, 0.2) is 11.6 Å². The molecule has 0 saturated carbocycles. The van der Waals surface area contributed by atoms with Gasteiger partial charge in [-0.1, -0.05) is 0 Å². The van der Waals surface area contributed by atoms with Gasteiger partial charge in [0.05, 0.1) is 18.6 Å². The van der Waals surface area contributed by atoms with Gasteiger partial charge in [0.2, 0.25) is 11.8 Å². The molecule has 1 saturated heterocycles. The van der Waals surface area contributed by atoms with Crippen LogP contribution in [0, 0.1) is 17.6 Å². The molecule has 1 aliphatic heterocycles. The smallest absolute Gasteiger partial charge is 0.337 e. The van der Waals surface area contributed by atoms with Crippen molar-refractivity contribution in [2.45, 2.75) is 6.42 Å². The number of amides is 2. The van der Waals surface area contributed by atoms with Crippen LogP contribution in [0.5, 0.6) is 0 Å². The number of esters is 1. The maximum atomic E-state index is 13.2. The molecule has 0 radical (unpaired) electrons. The van der Waals surface area contributed by atoms with Crippen molar-refractivity contribution >= 4 is 29.2 Å². The number of halogens is 2. The molecule has 1 fully saturated rings. The lowest BCUT2D eigenvalue weighted by atomic mass is 10.1. The molecule has 2 aromatic carbocycles. The van der Waals surface area contributed by atoms with Gasteiger partial charge in [-0.2, -0.15) is 0 Å². The molecule has 8 heteroatoms. The molecule has 140 valence electrons. The largest absolute Gasteiger partial charge is 0.465 e. The first-order chi connectivity index (χ1) is 12.9. The molecule has 1 aliphatic rings. The third kappa shape index (κ3) is 3.94. The molecule has 27 heavy (non-hydrogen) atoms. The first-order valence-electron chi connectivity index (χ1n) is 8.13. The van der Waals surface area contributed by atoms with Gasteiger partial charge in [-0.3, -0.25) is 9.59 Å². The molecule has 0 aliphatic carbocycles. The zero-order chi connectivity index (χ0) is 19.6. The predicted octanol–water partition coefficient (Wildman–Crippen LogP) is 2.74. The van der Waals surface area contributed by atoms with Crippen molar-refractivity contribution in [1.82, 2.24) is 0 Å². The van der Waals surface area contributed by atoms with E-state index in [1.54, 1.807) is 12.1 Å². The molecule has 2 aromatic rings. The number of rotatable bonds is 4. The van der Waals surface area contributed by atoms with E-state index in [2.05, 4.69) is 10.1 Å². The summed E-state index contributed by atoms with van der Waals surface area (Å²) in [4.78, 5) is 37.5. The van der Waals surface area contributed by atoms with Crippen LogP contribution in [0.25, 0.3) is 0 Å². The first kappa shape index (κ1) is 18.5. The number of nitrogens with one attached hydrogen (secondary N) is 1. The Kier molecular flexibility index (Phi) is 5.16. The van der Waals surface area contributed by atoms with E-state index in [1.165, 1.54) is 30.2 Å². The molecule has 2 amide bonds. The van der Waals surface area contributed by atoms with Crippen molar-refractivity contribution in [1.29, 1.82) is 0 Å². The van der Waals surface area contributed by atoms with Crippen LogP contribution in [0.1, 0.15) is 16.8 Å². The highest BCUT2D eigenvalue weighted by atomic mass is 19.2. The molecule has 1 unspecified atom stereocenters. The van der Waals surface area contributed by atoms with Gasteiger partial charge in [0.1, 0.15) is 0 Å². The van der Waals surface area contributed by atoms with Crippen LogP contribution in [0.2, 0.25) is 0 Å². The second-order valence-corrected chi connectivity index (χ2v) is 6.06. The van der Waals surface area contributed by atoms with Crippen molar-refractivity contribution in [2.75, 3.05) is 23.9 Å². The molecular weight excluding hydrogens is 358 g/mol. The van der Waals surface area contributed by atoms with Gasteiger partial charge in [-0.25, -0.2) is 13.6 Å². The molecule has 0 spiro atoms. The predicted molar refractivity (Wildman–Crippen MR) is 93.2 cm³/mol. The summed E-state index contributed by atoms with van der Waals surface area (Å²) >= 11 is 0. The number of methoxy groups -OCH3 is 1. The summed E-state index contributed by atoms with van der Waals surface area (Å²) in [7, 11) is 1.27. The van der Waals surface area contributed by atoms with E-state index in [0.29, 0.717) is 11.3 Å². The van der Waals surface area contributed by atoms with Gasteiger partial charge >= 0.3 is 5.97 Å². The number of carbonyl (C=O) groups excluding carboxylic acids is 3. The monoisotopic (exact) mass is 374 g/mol. The molecule has 1 heterocycles. The Bertz CT molecular complexity index is 899. The fourth-order valence-corrected chi connectivity index (χ4v) is 2.85. The summed E-state index contributed by atoms with van der Waals surface area (Å²) in [6.45, 7) is 0.145. The molecular formula is C19H16F2N2O4. The van der Waals surface area contributed by atoms with Crippen LogP contribution in [0.15, 0.2) is 42.5 Å². The Morgan fingerprint density at radius 3 is 2.44 bits per heavy atom. The van der Waals surface area contributed by atoms with E-state index in [9.17, 15) is 23.2 Å². The SMILES string of the molecule is COC(=O)c1ccc(N2CC(C(=O)Nc3ccc(F)c(F)c3)CC2=O)cc1. The molecule has 0 bridgehead atoms. The summed E-state index contributed by atoms with van der Waals surface area (Å²) in [5, 5.41) is 2.49. The molecule has 3 rings (SSSR count). The fourth-order valence-electron chi connectivity index (χ4n) is 2.85. The standard InChI is InChI=1S/C19H16F2N2O4/c1-27-19(26)11-2-5-14(6-3-11)23-10-12(8-17(23)24)18(25)22-13-4-7-15(20)16(21)9-13/h2-7,9,12H,8,10H2,1H3,(H,22,25). The van der Waals surface area contributed by atoms with Gasteiger partial charge in [0.25, 0.3) is 0 Å². The van der Waals surface area contributed by atoms with E-state index < -0.39 is 29.4 Å². The minimum absolute atomic E-state index is 0.00569.